The van der Waals surface area contributed by atoms with Gasteiger partial charge in [-0.3, -0.25) is 5.10 Å². The van der Waals surface area contributed by atoms with Gasteiger partial charge in [-0.2, -0.15) is 10.2 Å². The maximum atomic E-state index is 5.52. The predicted octanol–water partition coefficient (Wildman–Crippen LogP) is 3.02. The lowest BCUT2D eigenvalue weighted by Gasteiger charge is -2.10. The topological polar surface area (TPSA) is 93.0 Å². The number of aromatic nitrogens is 6. The zero-order valence-corrected chi connectivity index (χ0v) is 16.8. The molecule has 1 aliphatic rings. The van der Waals surface area contributed by atoms with E-state index in [2.05, 4.69) is 39.4 Å². The molecule has 8 nitrogen and oxygen atoms in total. The Bertz CT molecular complexity index is 1130. The van der Waals surface area contributed by atoms with Crippen molar-refractivity contribution in [2.75, 3.05) is 13.7 Å². The van der Waals surface area contributed by atoms with E-state index in [-0.39, 0.29) is 5.92 Å². The summed E-state index contributed by atoms with van der Waals surface area (Å²) in [5.41, 5.74) is 5.88. The minimum Gasteiger partial charge on any atom is -0.493 e. The number of hydrogen-bond acceptors (Lipinski definition) is 7. The van der Waals surface area contributed by atoms with Crippen LogP contribution in [0.5, 0.6) is 5.75 Å². The lowest BCUT2D eigenvalue weighted by molar-refractivity contribution is 0.416. The third-order valence-electron chi connectivity index (χ3n) is 5.03. The highest BCUT2D eigenvalue weighted by Crippen LogP contribution is 2.39. The molecule has 9 heteroatoms. The number of fused-ring (bicyclic) bond motifs is 2. The number of pyridine rings is 1. The average Bonchev–Trinajstić information content (AvgIpc) is 3.43. The van der Waals surface area contributed by atoms with Gasteiger partial charge in [0.1, 0.15) is 11.3 Å². The number of rotatable bonds is 4. The Morgan fingerprint density at radius 1 is 1.32 bits per heavy atom. The number of aromatic amines is 1. The summed E-state index contributed by atoms with van der Waals surface area (Å²) in [7, 11) is 1.64. The van der Waals surface area contributed by atoms with E-state index < -0.39 is 0 Å². The lowest BCUT2D eigenvalue weighted by Crippen LogP contribution is -2.22. The molecule has 4 aromatic heterocycles. The molecule has 144 valence electrons. The number of hydrogen-bond donors (Lipinski definition) is 2. The molecule has 28 heavy (non-hydrogen) atoms. The summed E-state index contributed by atoms with van der Waals surface area (Å²) in [5.74, 6) is 0.949. The van der Waals surface area contributed by atoms with E-state index in [0.717, 1.165) is 47.0 Å². The first-order valence-corrected chi connectivity index (χ1v) is 10.1. The van der Waals surface area contributed by atoms with Crippen molar-refractivity contribution in [3.8, 4) is 27.7 Å². The van der Waals surface area contributed by atoms with Crippen molar-refractivity contribution < 1.29 is 4.74 Å². The highest BCUT2D eigenvalue weighted by atomic mass is 32.1. The number of ether oxygens (including phenoxy) is 1. The molecule has 2 N–H and O–H groups in total. The van der Waals surface area contributed by atoms with Crippen LogP contribution in [0.1, 0.15) is 35.9 Å². The van der Waals surface area contributed by atoms with Crippen LogP contribution in [-0.2, 0) is 13.0 Å². The van der Waals surface area contributed by atoms with Gasteiger partial charge in [0.2, 0.25) is 0 Å². The quantitative estimate of drug-likeness (QED) is 0.552. The molecule has 0 fully saturated rings. The fourth-order valence-corrected chi connectivity index (χ4v) is 4.79. The Hall–Kier alpha value is -2.78. The Kier molecular flexibility index (Phi) is 4.13. The number of methoxy groups -OCH3 is 1. The molecule has 0 unspecified atom stereocenters. The molecule has 4 aromatic rings. The summed E-state index contributed by atoms with van der Waals surface area (Å²) in [6.45, 7) is 6.24. The van der Waals surface area contributed by atoms with Gasteiger partial charge in [-0.15, -0.1) is 11.3 Å². The summed E-state index contributed by atoms with van der Waals surface area (Å²) < 4.78 is 7.24. The van der Waals surface area contributed by atoms with Crippen LogP contribution in [0.3, 0.4) is 0 Å². The van der Waals surface area contributed by atoms with Crippen LogP contribution >= 0.6 is 11.3 Å². The van der Waals surface area contributed by atoms with Gasteiger partial charge in [-0.1, -0.05) is 13.8 Å². The van der Waals surface area contributed by atoms with Crippen molar-refractivity contribution in [1.82, 2.24) is 35.1 Å². The van der Waals surface area contributed by atoms with E-state index in [1.54, 1.807) is 23.0 Å². The highest BCUT2D eigenvalue weighted by Gasteiger charge is 2.24. The van der Waals surface area contributed by atoms with Crippen molar-refractivity contribution in [3.63, 3.8) is 0 Å². The molecular formula is C19H21N7OS. The highest BCUT2D eigenvalue weighted by molar-refractivity contribution is 7.15. The Morgan fingerprint density at radius 2 is 2.21 bits per heavy atom. The Labute approximate surface area is 166 Å². The van der Waals surface area contributed by atoms with Gasteiger partial charge < -0.3 is 10.1 Å². The van der Waals surface area contributed by atoms with Gasteiger partial charge >= 0.3 is 0 Å². The maximum Gasteiger partial charge on any atom is 0.197 e. The second-order valence-corrected chi connectivity index (χ2v) is 8.24. The number of nitrogens with one attached hydrogen (secondary N) is 2. The standard InChI is InChI=1S/C19H21N7OS/c1-10(2)15-16(11-6-13(27-3)18-21-9-22-26(18)8-11)24-25-17(15)19-23-12-4-5-20-7-14(12)28-19/h6,8-10,20H,4-5,7H2,1-3H3,(H,24,25). The third-order valence-corrected chi connectivity index (χ3v) is 6.15. The van der Waals surface area contributed by atoms with Crippen LogP contribution in [0.4, 0.5) is 0 Å². The summed E-state index contributed by atoms with van der Waals surface area (Å²) in [4.78, 5) is 10.5. The molecule has 1 aliphatic heterocycles. The molecule has 5 heterocycles. The van der Waals surface area contributed by atoms with E-state index in [9.17, 15) is 0 Å². The molecule has 0 aliphatic carbocycles. The summed E-state index contributed by atoms with van der Waals surface area (Å²) in [6.07, 6.45) is 4.44. The summed E-state index contributed by atoms with van der Waals surface area (Å²) in [6, 6.07) is 1.96. The molecule has 0 saturated carbocycles. The van der Waals surface area contributed by atoms with E-state index in [1.165, 1.54) is 16.9 Å². The zero-order chi connectivity index (χ0) is 19.3. The van der Waals surface area contributed by atoms with Crippen LogP contribution < -0.4 is 10.1 Å². The van der Waals surface area contributed by atoms with E-state index in [0.29, 0.717) is 11.4 Å². The summed E-state index contributed by atoms with van der Waals surface area (Å²) in [5, 5.41) is 16.6. The van der Waals surface area contributed by atoms with Gasteiger partial charge in [-0.05, 0) is 12.0 Å². The number of H-pyrrole nitrogens is 1. The lowest BCUT2D eigenvalue weighted by atomic mass is 9.97. The van der Waals surface area contributed by atoms with Gasteiger partial charge in [0.25, 0.3) is 0 Å². The van der Waals surface area contributed by atoms with Gasteiger partial charge in [-0.25, -0.2) is 14.5 Å². The van der Waals surface area contributed by atoms with Crippen molar-refractivity contribution in [3.05, 3.63) is 34.7 Å². The molecule has 0 atom stereocenters. The monoisotopic (exact) mass is 395 g/mol. The maximum absolute atomic E-state index is 5.52. The number of thiazole rings is 1. The largest absolute Gasteiger partial charge is 0.493 e. The second-order valence-electron chi connectivity index (χ2n) is 7.16. The van der Waals surface area contributed by atoms with Crippen molar-refractivity contribution in [2.45, 2.75) is 32.7 Å². The first kappa shape index (κ1) is 17.3. The fourth-order valence-electron chi connectivity index (χ4n) is 3.70. The van der Waals surface area contributed by atoms with E-state index in [1.807, 2.05) is 12.3 Å². The predicted molar refractivity (Wildman–Crippen MR) is 108 cm³/mol. The van der Waals surface area contributed by atoms with Crippen molar-refractivity contribution >= 4 is 17.0 Å². The molecule has 0 spiro atoms. The Balaban J connectivity index is 1.66. The van der Waals surface area contributed by atoms with Gasteiger partial charge in [0.05, 0.1) is 24.2 Å². The Morgan fingerprint density at radius 3 is 3.00 bits per heavy atom. The van der Waals surface area contributed by atoms with Crippen LogP contribution in [0, 0.1) is 0 Å². The van der Waals surface area contributed by atoms with E-state index in [4.69, 9.17) is 9.72 Å². The minimum absolute atomic E-state index is 0.278. The molecule has 0 bridgehead atoms. The molecule has 0 amide bonds. The third kappa shape index (κ3) is 2.70. The van der Waals surface area contributed by atoms with Crippen LogP contribution in [0.25, 0.3) is 27.6 Å². The molecule has 0 saturated heterocycles. The van der Waals surface area contributed by atoms with Gasteiger partial charge in [0.15, 0.2) is 11.4 Å². The summed E-state index contributed by atoms with van der Waals surface area (Å²) >= 11 is 1.74. The first-order chi connectivity index (χ1) is 13.7. The van der Waals surface area contributed by atoms with Crippen molar-refractivity contribution in [1.29, 1.82) is 0 Å². The van der Waals surface area contributed by atoms with E-state index >= 15 is 0 Å². The molecule has 5 rings (SSSR count). The molecular weight excluding hydrogens is 374 g/mol. The second kappa shape index (κ2) is 6.68. The molecule has 0 radical (unpaired) electrons. The van der Waals surface area contributed by atoms with Gasteiger partial charge in [0, 0.05) is 41.7 Å². The van der Waals surface area contributed by atoms with Crippen LogP contribution in [0.2, 0.25) is 0 Å². The zero-order valence-electron chi connectivity index (χ0n) is 16.0. The van der Waals surface area contributed by atoms with Crippen LogP contribution in [0.15, 0.2) is 18.6 Å². The SMILES string of the molecule is COc1cc(-c2n[nH]c(-c3nc4c(s3)CNCC4)c2C(C)C)cn2ncnc12. The smallest absolute Gasteiger partial charge is 0.197 e. The first-order valence-electron chi connectivity index (χ1n) is 9.31. The minimum atomic E-state index is 0.278. The normalized spacial score (nSPS) is 14.0. The number of nitrogens with zero attached hydrogens (tertiary/aromatic N) is 5. The van der Waals surface area contributed by atoms with Crippen LogP contribution in [-0.4, -0.2) is 43.4 Å². The molecule has 0 aromatic carbocycles. The average molecular weight is 395 g/mol. The fraction of sp³-hybridized carbons (Fsp3) is 0.368. The van der Waals surface area contributed by atoms with Crippen molar-refractivity contribution in [2.24, 2.45) is 0 Å².